The van der Waals surface area contributed by atoms with Crippen molar-refractivity contribution in [2.75, 3.05) is 20.3 Å². The Labute approximate surface area is 89.8 Å². The fourth-order valence-corrected chi connectivity index (χ4v) is 1.20. The molecule has 5 nitrogen and oxygen atoms in total. The molecule has 0 saturated carbocycles. The molecule has 5 heteroatoms. The fourth-order valence-electron chi connectivity index (χ4n) is 1.20. The number of aliphatic carboxylic acids is 1. The third-order valence-electron chi connectivity index (χ3n) is 1.87. The normalized spacial score (nSPS) is 12.1. The number of carboxylic acids is 1. The number of nitrogens with one attached hydrogen (secondary N) is 1. The maximum atomic E-state index is 11.3. The highest BCUT2D eigenvalue weighted by Crippen LogP contribution is 2.01. The van der Waals surface area contributed by atoms with Gasteiger partial charge in [0.2, 0.25) is 5.91 Å². The van der Waals surface area contributed by atoms with E-state index < -0.39 is 5.97 Å². The van der Waals surface area contributed by atoms with Crippen molar-refractivity contribution in [1.82, 2.24) is 5.32 Å². The van der Waals surface area contributed by atoms with Crippen LogP contribution in [0.15, 0.2) is 0 Å². The zero-order chi connectivity index (χ0) is 11.7. The van der Waals surface area contributed by atoms with Crippen LogP contribution in [0.2, 0.25) is 0 Å². The predicted molar refractivity (Wildman–Crippen MR) is 55.5 cm³/mol. The van der Waals surface area contributed by atoms with Crippen molar-refractivity contribution in [3.8, 4) is 0 Å². The second-order valence-corrected chi connectivity index (χ2v) is 3.61. The van der Waals surface area contributed by atoms with Crippen molar-refractivity contribution in [2.24, 2.45) is 5.92 Å². The Bertz CT molecular complexity index is 206. The SMILES string of the molecule is COCC(C)CC(=O)NCCCC(=O)O. The third-order valence-corrected chi connectivity index (χ3v) is 1.87. The van der Waals surface area contributed by atoms with Crippen molar-refractivity contribution >= 4 is 11.9 Å². The highest BCUT2D eigenvalue weighted by molar-refractivity contribution is 5.76. The van der Waals surface area contributed by atoms with Gasteiger partial charge in [-0.2, -0.15) is 0 Å². The Kier molecular flexibility index (Phi) is 7.62. The van der Waals surface area contributed by atoms with Crippen molar-refractivity contribution in [3.05, 3.63) is 0 Å². The number of carbonyl (C=O) groups excluding carboxylic acids is 1. The number of ether oxygens (including phenoxy) is 1. The molecule has 0 spiro atoms. The minimum absolute atomic E-state index is 0.0510. The molecule has 0 aromatic rings. The molecular weight excluding hydrogens is 198 g/mol. The molecule has 0 aromatic heterocycles. The van der Waals surface area contributed by atoms with Gasteiger partial charge < -0.3 is 15.2 Å². The van der Waals surface area contributed by atoms with E-state index in [1.807, 2.05) is 6.92 Å². The van der Waals surface area contributed by atoms with Crippen LogP contribution in [0, 0.1) is 5.92 Å². The number of carboxylic acid groups (broad SMARTS) is 1. The van der Waals surface area contributed by atoms with Gasteiger partial charge in [-0.25, -0.2) is 0 Å². The molecule has 1 atom stereocenters. The van der Waals surface area contributed by atoms with E-state index in [4.69, 9.17) is 9.84 Å². The summed E-state index contributed by atoms with van der Waals surface area (Å²) in [4.78, 5) is 21.4. The molecule has 88 valence electrons. The second kappa shape index (κ2) is 8.23. The van der Waals surface area contributed by atoms with Crippen LogP contribution in [0.3, 0.4) is 0 Å². The van der Waals surface area contributed by atoms with Crippen molar-refractivity contribution in [3.63, 3.8) is 0 Å². The molecule has 0 saturated heterocycles. The summed E-state index contributed by atoms with van der Waals surface area (Å²) in [6, 6.07) is 0. The van der Waals surface area contributed by atoms with Crippen LogP contribution in [0.1, 0.15) is 26.2 Å². The van der Waals surface area contributed by atoms with E-state index in [0.717, 1.165) is 0 Å². The molecule has 0 rings (SSSR count). The molecule has 0 aromatic carbocycles. The molecule has 1 amide bonds. The molecule has 15 heavy (non-hydrogen) atoms. The van der Waals surface area contributed by atoms with Crippen LogP contribution in [-0.4, -0.2) is 37.2 Å². The zero-order valence-electron chi connectivity index (χ0n) is 9.28. The van der Waals surface area contributed by atoms with Gasteiger partial charge in [-0.15, -0.1) is 0 Å². The van der Waals surface area contributed by atoms with Gasteiger partial charge in [0.15, 0.2) is 0 Å². The summed E-state index contributed by atoms with van der Waals surface area (Å²) in [5, 5.41) is 11.0. The van der Waals surface area contributed by atoms with Crippen LogP contribution in [0.25, 0.3) is 0 Å². The summed E-state index contributed by atoms with van der Waals surface area (Å²) >= 11 is 0. The van der Waals surface area contributed by atoms with Crippen LogP contribution in [0.4, 0.5) is 0 Å². The number of hydrogen-bond donors (Lipinski definition) is 2. The summed E-state index contributed by atoms with van der Waals surface area (Å²) in [5.74, 6) is -0.698. The van der Waals surface area contributed by atoms with E-state index in [0.29, 0.717) is 26.0 Å². The quantitative estimate of drug-likeness (QED) is 0.585. The van der Waals surface area contributed by atoms with Gasteiger partial charge in [0.05, 0.1) is 0 Å². The van der Waals surface area contributed by atoms with E-state index in [1.165, 1.54) is 0 Å². The molecule has 0 aliphatic heterocycles. The minimum Gasteiger partial charge on any atom is -0.481 e. The lowest BCUT2D eigenvalue weighted by molar-refractivity contribution is -0.137. The first-order chi connectivity index (χ1) is 7.06. The first kappa shape index (κ1) is 13.9. The Morgan fingerprint density at radius 2 is 2.13 bits per heavy atom. The summed E-state index contributed by atoms with van der Waals surface area (Å²) < 4.78 is 4.90. The topological polar surface area (TPSA) is 75.6 Å². The average molecular weight is 217 g/mol. The third kappa shape index (κ3) is 9.21. The summed E-state index contributed by atoms with van der Waals surface area (Å²) in [7, 11) is 1.60. The van der Waals surface area contributed by atoms with Crippen LogP contribution in [-0.2, 0) is 14.3 Å². The van der Waals surface area contributed by atoms with Crippen molar-refractivity contribution in [1.29, 1.82) is 0 Å². The summed E-state index contributed by atoms with van der Waals surface area (Å²) in [6.07, 6.45) is 0.981. The van der Waals surface area contributed by atoms with Gasteiger partial charge >= 0.3 is 5.97 Å². The number of hydrogen-bond acceptors (Lipinski definition) is 3. The van der Waals surface area contributed by atoms with E-state index in [9.17, 15) is 9.59 Å². The van der Waals surface area contributed by atoms with E-state index in [-0.39, 0.29) is 18.2 Å². The maximum absolute atomic E-state index is 11.3. The minimum atomic E-state index is -0.836. The van der Waals surface area contributed by atoms with Crippen molar-refractivity contribution < 1.29 is 19.4 Å². The number of rotatable bonds is 8. The molecule has 0 fully saturated rings. The predicted octanol–water partition coefficient (Wildman–Crippen LogP) is 0.640. The van der Waals surface area contributed by atoms with Crippen molar-refractivity contribution in [2.45, 2.75) is 26.2 Å². The monoisotopic (exact) mass is 217 g/mol. The van der Waals surface area contributed by atoms with Gasteiger partial charge in [0, 0.05) is 33.1 Å². The number of amides is 1. The molecular formula is C10H19NO4. The Morgan fingerprint density at radius 3 is 2.67 bits per heavy atom. The average Bonchev–Trinajstić information content (AvgIpc) is 2.12. The van der Waals surface area contributed by atoms with E-state index in [1.54, 1.807) is 7.11 Å². The van der Waals surface area contributed by atoms with E-state index in [2.05, 4.69) is 5.32 Å². The highest BCUT2D eigenvalue weighted by Gasteiger charge is 2.08. The van der Waals surface area contributed by atoms with E-state index >= 15 is 0 Å². The summed E-state index contributed by atoms with van der Waals surface area (Å²) in [6.45, 7) is 2.91. The Hall–Kier alpha value is -1.10. The lowest BCUT2D eigenvalue weighted by atomic mass is 10.1. The number of methoxy groups -OCH3 is 1. The standard InChI is InChI=1S/C10H19NO4/c1-8(7-15-2)6-9(12)11-5-3-4-10(13)14/h8H,3-7H2,1-2H3,(H,11,12)(H,13,14). The van der Waals surface area contributed by atoms with Gasteiger partial charge in [-0.1, -0.05) is 6.92 Å². The molecule has 1 unspecified atom stereocenters. The molecule has 0 radical (unpaired) electrons. The maximum Gasteiger partial charge on any atom is 0.303 e. The Balaban J connectivity index is 3.44. The fraction of sp³-hybridized carbons (Fsp3) is 0.800. The molecule has 0 bridgehead atoms. The zero-order valence-corrected chi connectivity index (χ0v) is 9.28. The van der Waals surface area contributed by atoms with Gasteiger partial charge in [-0.3, -0.25) is 9.59 Å². The molecule has 0 heterocycles. The number of carbonyl (C=O) groups is 2. The lowest BCUT2D eigenvalue weighted by Gasteiger charge is -2.09. The molecule has 0 aliphatic carbocycles. The molecule has 0 aliphatic rings. The second-order valence-electron chi connectivity index (χ2n) is 3.61. The van der Waals surface area contributed by atoms with Crippen LogP contribution >= 0.6 is 0 Å². The Morgan fingerprint density at radius 1 is 1.47 bits per heavy atom. The lowest BCUT2D eigenvalue weighted by Crippen LogP contribution is -2.27. The van der Waals surface area contributed by atoms with Gasteiger partial charge in [0.25, 0.3) is 0 Å². The summed E-state index contributed by atoms with van der Waals surface area (Å²) in [5.41, 5.74) is 0. The first-order valence-corrected chi connectivity index (χ1v) is 5.03. The van der Waals surface area contributed by atoms with Gasteiger partial charge in [-0.05, 0) is 12.3 Å². The highest BCUT2D eigenvalue weighted by atomic mass is 16.5. The van der Waals surface area contributed by atoms with Gasteiger partial charge in [0.1, 0.15) is 0 Å². The first-order valence-electron chi connectivity index (χ1n) is 5.03. The smallest absolute Gasteiger partial charge is 0.303 e. The molecule has 2 N–H and O–H groups in total. The largest absolute Gasteiger partial charge is 0.481 e. The van der Waals surface area contributed by atoms with Crippen LogP contribution < -0.4 is 5.32 Å². The van der Waals surface area contributed by atoms with Crippen LogP contribution in [0.5, 0.6) is 0 Å².